The summed E-state index contributed by atoms with van der Waals surface area (Å²) in [6.07, 6.45) is 0. The van der Waals surface area contributed by atoms with Gasteiger partial charge in [0, 0.05) is 5.69 Å². The lowest BCUT2D eigenvalue weighted by molar-refractivity contribution is -0.140. The first kappa shape index (κ1) is 14.0. The van der Waals surface area contributed by atoms with Crippen molar-refractivity contribution in [2.45, 2.75) is 19.9 Å². The fourth-order valence-corrected chi connectivity index (χ4v) is 1.39. The molecular formula is C12H15FN2O3. The van der Waals surface area contributed by atoms with E-state index < -0.39 is 23.9 Å². The zero-order valence-corrected chi connectivity index (χ0v) is 10.1. The number of carboxylic acid groups (broad SMARTS) is 1. The van der Waals surface area contributed by atoms with Crippen LogP contribution in [0.5, 0.6) is 0 Å². The number of halogens is 1. The van der Waals surface area contributed by atoms with E-state index in [1.54, 1.807) is 13.8 Å². The third kappa shape index (κ3) is 4.04. The highest BCUT2D eigenvalue weighted by atomic mass is 19.1. The second-order valence-electron chi connectivity index (χ2n) is 4.17. The Hall–Kier alpha value is -2.11. The Balaban J connectivity index is 2.63. The second-order valence-corrected chi connectivity index (χ2v) is 4.17. The number of aliphatic carboxylic acids is 1. The molecule has 98 valence electrons. The predicted octanol–water partition coefficient (Wildman–Crippen LogP) is 2.06. The zero-order valence-electron chi connectivity index (χ0n) is 10.1. The van der Waals surface area contributed by atoms with Crippen LogP contribution in [0.4, 0.5) is 14.9 Å². The number of hydrogen-bond donors (Lipinski definition) is 3. The lowest BCUT2D eigenvalue weighted by Crippen LogP contribution is -2.46. The Morgan fingerprint density at radius 2 is 2.00 bits per heavy atom. The lowest BCUT2D eigenvalue weighted by atomic mass is 10.1. The molecule has 0 saturated heterocycles. The molecule has 0 saturated carbocycles. The standard InChI is InChI=1S/C12H15FN2O3/c1-7(2)10(11(16)17)15-12(18)14-9-5-3-4-8(13)6-9/h3-7,10H,1-2H3,(H,16,17)(H2,14,15,18)/t10-/m0/s1. The molecule has 0 aliphatic rings. The normalized spacial score (nSPS) is 12.0. The first-order valence-corrected chi connectivity index (χ1v) is 5.46. The van der Waals surface area contributed by atoms with Gasteiger partial charge in [-0.2, -0.15) is 0 Å². The van der Waals surface area contributed by atoms with Crippen molar-refractivity contribution in [3.8, 4) is 0 Å². The summed E-state index contributed by atoms with van der Waals surface area (Å²) in [7, 11) is 0. The van der Waals surface area contributed by atoms with Crippen LogP contribution >= 0.6 is 0 Å². The molecule has 0 spiro atoms. The first-order chi connectivity index (χ1) is 8.40. The summed E-state index contributed by atoms with van der Waals surface area (Å²) in [5.41, 5.74) is 0.264. The maximum absolute atomic E-state index is 12.9. The zero-order chi connectivity index (χ0) is 13.7. The monoisotopic (exact) mass is 254 g/mol. The van der Waals surface area contributed by atoms with Crippen LogP contribution < -0.4 is 10.6 Å². The molecule has 6 heteroatoms. The molecule has 0 aliphatic heterocycles. The summed E-state index contributed by atoms with van der Waals surface area (Å²) in [6.45, 7) is 3.36. The van der Waals surface area contributed by atoms with E-state index in [2.05, 4.69) is 10.6 Å². The third-order valence-corrected chi connectivity index (χ3v) is 2.30. The van der Waals surface area contributed by atoms with Gasteiger partial charge in [-0.05, 0) is 24.1 Å². The topological polar surface area (TPSA) is 78.4 Å². The molecule has 0 aliphatic carbocycles. The fourth-order valence-electron chi connectivity index (χ4n) is 1.39. The van der Waals surface area contributed by atoms with E-state index in [1.807, 2.05) is 0 Å². The number of carbonyl (C=O) groups is 2. The average Bonchev–Trinajstić information content (AvgIpc) is 2.25. The van der Waals surface area contributed by atoms with Gasteiger partial charge >= 0.3 is 12.0 Å². The molecule has 0 radical (unpaired) electrons. The number of rotatable bonds is 4. The minimum Gasteiger partial charge on any atom is -0.480 e. The minimum atomic E-state index is -1.11. The van der Waals surface area contributed by atoms with Gasteiger partial charge in [0.15, 0.2) is 0 Å². The lowest BCUT2D eigenvalue weighted by Gasteiger charge is -2.18. The van der Waals surface area contributed by atoms with E-state index in [0.717, 1.165) is 6.07 Å². The van der Waals surface area contributed by atoms with Crippen molar-refractivity contribution in [3.63, 3.8) is 0 Å². The van der Waals surface area contributed by atoms with Crippen molar-refractivity contribution >= 4 is 17.7 Å². The molecular weight excluding hydrogens is 239 g/mol. The molecule has 2 amide bonds. The van der Waals surface area contributed by atoms with Crippen LogP contribution in [0.3, 0.4) is 0 Å². The summed E-state index contributed by atoms with van der Waals surface area (Å²) < 4.78 is 12.9. The highest BCUT2D eigenvalue weighted by Gasteiger charge is 2.23. The van der Waals surface area contributed by atoms with Crippen LogP contribution in [0, 0.1) is 11.7 Å². The maximum atomic E-state index is 12.9. The molecule has 1 atom stereocenters. The molecule has 0 fully saturated rings. The Morgan fingerprint density at radius 3 is 2.50 bits per heavy atom. The number of nitrogens with one attached hydrogen (secondary N) is 2. The highest BCUT2D eigenvalue weighted by Crippen LogP contribution is 2.09. The number of amides is 2. The number of benzene rings is 1. The van der Waals surface area contributed by atoms with Crippen molar-refractivity contribution in [3.05, 3.63) is 30.1 Å². The van der Waals surface area contributed by atoms with Crippen LogP contribution in [0.1, 0.15) is 13.8 Å². The van der Waals surface area contributed by atoms with Gasteiger partial charge in [-0.25, -0.2) is 14.0 Å². The number of carboxylic acids is 1. The van der Waals surface area contributed by atoms with E-state index in [1.165, 1.54) is 18.2 Å². The van der Waals surface area contributed by atoms with E-state index in [4.69, 9.17) is 5.11 Å². The fraction of sp³-hybridized carbons (Fsp3) is 0.333. The maximum Gasteiger partial charge on any atom is 0.326 e. The van der Waals surface area contributed by atoms with Gasteiger partial charge < -0.3 is 15.7 Å². The average molecular weight is 254 g/mol. The van der Waals surface area contributed by atoms with Crippen LogP contribution in [0.2, 0.25) is 0 Å². The van der Waals surface area contributed by atoms with Crippen LogP contribution in [-0.4, -0.2) is 23.1 Å². The molecule has 3 N–H and O–H groups in total. The smallest absolute Gasteiger partial charge is 0.326 e. The van der Waals surface area contributed by atoms with Crippen molar-refractivity contribution in [2.24, 2.45) is 5.92 Å². The number of carbonyl (C=O) groups excluding carboxylic acids is 1. The van der Waals surface area contributed by atoms with E-state index in [9.17, 15) is 14.0 Å². The summed E-state index contributed by atoms with van der Waals surface area (Å²) in [5.74, 6) is -1.84. The molecule has 1 aromatic carbocycles. The largest absolute Gasteiger partial charge is 0.480 e. The predicted molar refractivity (Wildman–Crippen MR) is 64.8 cm³/mol. The Kier molecular flexibility index (Phi) is 4.65. The Morgan fingerprint density at radius 1 is 1.33 bits per heavy atom. The first-order valence-electron chi connectivity index (χ1n) is 5.46. The quantitative estimate of drug-likeness (QED) is 0.769. The van der Waals surface area contributed by atoms with Crippen LogP contribution in [0.25, 0.3) is 0 Å². The molecule has 0 heterocycles. The molecule has 0 aromatic heterocycles. The Bertz CT molecular complexity index is 449. The molecule has 0 unspecified atom stereocenters. The van der Waals surface area contributed by atoms with E-state index in [0.29, 0.717) is 0 Å². The van der Waals surface area contributed by atoms with E-state index >= 15 is 0 Å². The number of hydrogen-bond acceptors (Lipinski definition) is 2. The van der Waals surface area contributed by atoms with Gasteiger partial charge in [0.25, 0.3) is 0 Å². The molecule has 1 aromatic rings. The minimum absolute atomic E-state index is 0.249. The van der Waals surface area contributed by atoms with Gasteiger partial charge in [-0.3, -0.25) is 0 Å². The van der Waals surface area contributed by atoms with Crippen molar-refractivity contribution < 1.29 is 19.1 Å². The van der Waals surface area contributed by atoms with Crippen molar-refractivity contribution in [2.75, 3.05) is 5.32 Å². The van der Waals surface area contributed by atoms with Crippen molar-refractivity contribution in [1.29, 1.82) is 0 Å². The van der Waals surface area contributed by atoms with Gasteiger partial charge in [-0.1, -0.05) is 19.9 Å². The second kappa shape index (κ2) is 6.00. The van der Waals surface area contributed by atoms with Crippen molar-refractivity contribution in [1.82, 2.24) is 5.32 Å². The summed E-state index contributed by atoms with van der Waals surface area (Å²) in [6, 6.07) is 3.68. The van der Waals surface area contributed by atoms with Gasteiger partial charge in [-0.15, -0.1) is 0 Å². The van der Waals surface area contributed by atoms with Gasteiger partial charge in [0.05, 0.1) is 0 Å². The number of anilines is 1. The van der Waals surface area contributed by atoms with E-state index in [-0.39, 0.29) is 11.6 Å². The Labute approximate surface area is 104 Å². The van der Waals surface area contributed by atoms with Crippen LogP contribution in [-0.2, 0) is 4.79 Å². The molecule has 1 rings (SSSR count). The van der Waals surface area contributed by atoms with Crippen LogP contribution in [0.15, 0.2) is 24.3 Å². The third-order valence-electron chi connectivity index (χ3n) is 2.30. The van der Waals surface area contributed by atoms with Gasteiger partial charge in [0.1, 0.15) is 11.9 Å². The molecule has 5 nitrogen and oxygen atoms in total. The SMILES string of the molecule is CC(C)[C@H](NC(=O)Nc1cccc(F)c1)C(=O)O. The number of urea groups is 1. The summed E-state index contributed by atoms with van der Waals surface area (Å²) in [5, 5.41) is 13.6. The molecule has 18 heavy (non-hydrogen) atoms. The summed E-state index contributed by atoms with van der Waals surface area (Å²) >= 11 is 0. The summed E-state index contributed by atoms with van der Waals surface area (Å²) in [4.78, 5) is 22.4. The van der Waals surface area contributed by atoms with Gasteiger partial charge in [0.2, 0.25) is 0 Å². The highest BCUT2D eigenvalue weighted by molar-refractivity contribution is 5.92. The molecule has 0 bridgehead atoms.